The molecule has 3 atom stereocenters. The van der Waals surface area contributed by atoms with Crippen molar-refractivity contribution >= 4 is 5.78 Å². The van der Waals surface area contributed by atoms with Gasteiger partial charge in [-0.25, -0.2) is 0 Å². The van der Waals surface area contributed by atoms with Crippen molar-refractivity contribution in [3.63, 3.8) is 0 Å². The standard InChI is InChI=1S/C16H18O2/c1-10(2)16(3)8-12-13(17)9-18-14-7-5-4-6-11(14)15(12)16/h4-7,12,15H,1,8-9H2,2-3H3/t12-,15-,16+/m1/s1. The molecule has 0 unspecified atom stereocenters. The van der Waals surface area contributed by atoms with Gasteiger partial charge in [-0.05, 0) is 30.4 Å². The van der Waals surface area contributed by atoms with E-state index >= 15 is 0 Å². The number of hydrogen-bond acceptors (Lipinski definition) is 2. The van der Waals surface area contributed by atoms with E-state index in [0.717, 1.165) is 17.7 Å². The van der Waals surface area contributed by atoms with Gasteiger partial charge in [0.2, 0.25) is 0 Å². The van der Waals surface area contributed by atoms with E-state index in [-0.39, 0.29) is 29.6 Å². The summed E-state index contributed by atoms with van der Waals surface area (Å²) in [5.41, 5.74) is 2.36. The minimum Gasteiger partial charge on any atom is -0.486 e. The number of ketones is 1. The minimum atomic E-state index is 0.0319. The van der Waals surface area contributed by atoms with Gasteiger partial charge in [-0.2, -0.15) is 0 Å². The van der Waals surface area contributed by atoms with E-state index in [1.807, 2.05) is 18.2 Å². The van der Waals surface area contributed by atoms with Crippen molar-refractivity contribution in [1.82, 2.24) is 0 Å². The maximum absolute atomic E-state index is 12.1. The van der Waals surface area contributed by atoms with Gasteiger partial charge in [0.25, 0.3) is 0 Å². The number of ether oxygens (including phenoxy) is 1. The summed E-state index contributed by atoms with van der Waals surface area (Å²) < 4.78 is 5.64. The van der Waals surface area contributed by atoms with Crippen LogP contribution in [0.15, 0.2) is 36.4 Å². The lowest BCUT2D eigenvalue weighted by molar-refractivity contribution is -0.131. The Morgan fingerprint density at radius 1 is 1.44 bits per heavy atom. The molecule has 1 saturated carbocycles. The molecule has 0 saturated heterocycles. The summed E-state index contributed by atoms with van der Waals surface area (Å²) in [7, 11) is 0. The van der Waals surface area contributed by atoms with E-state index in [0.29, 0.717) is 0 Å². The molecule has 1 aromatic rings. The second kappa shape index (κ2) is 3.71. The molecule has 1 aliphatic heterocycles. The normalized spacial score (nSPS) is 33.6. The molecule has 2 nitrogen and oxygen atoms in total. The maximum Gasteiger partial charge on any atom is 0.173 e. The number of carbonyl (C=O) groups is 1. The van der Waals surface area contributed by atoms with Crippen LogP contribution in [0.3, 0.4) is 0 Å². The van der Waals surface area contributed by atoms with Crippen molar-refractivity contribution in [3.05, 3.63) is 42.0 Å². The van der Waals surface area contributed by atoms with Crippen LogP contribution in [0, 0.1) is 11.3 Å². The fourth-order valence-electron chi connectivity index (χ4n) is 3.41. The molecular formula is C16H18O2. The molecule has 1 heterocycles. The Morgan fingerprint density at radius 2 is 2.17 bits per heavy atom. The molecule has 0 radical (unpaired) electrons. The van der Waals surface area contributed by atoms with Gasteiger partial charge in [0, 0.05) is 11.8 Å². The average molecular weight is 242 g/mol. The molecular weight excluding hydrogens is 224 g/mol. The highest BCUT2D eigenvalue weighted by Gasteiger charge is 2.56. The Labute approximate surface area is 108 Å². The number of para-hydroxylation sites is 1. The third-order valence-corrected chi connectivity index (χ3v) is 4.75. The lowest BCUT2D eigenvalue weighted by atomic mass is 9.49. The maximum atomic E-state index is 12.1. The Morgan fingerprint density at radius 3 is 2.89 bits per heavy atom. The van der Waals surface area contributed by atoms with E-state index in [1.165, 1.54) is 5.56 Å². The molecule has 0 amide bonds. The first-order valence-corrected chi connectivity index (χ1v) is 6.44. The highest BCUT2D eigenvalue weighted by molar-refractivity contribution is 5.86. The summed E-state index contributed by atoms with van der Waals surface area (Å²) >= 11 is 0. The van der Waals surface area contributed by atoms with E-state index in [2.05, 4.69) is 26.5 Å². The highest BCUT2D eigenvalue weighted by atomic mass is 16.5. The molecule has 94 valence electrons. The summed E-state index contributed by atoms with van der Waals surface area (Å²) in [5, 5.41) is 0. The Bertz CT molecular complexity index is 532. The van der Waals surface area contributed by atoms with Crippen molar-refractivity contribution in [2.75, 3.05) is 6.61 Å². The second-order valence-electron chi connectivity index (χ2n) is 5.78. The van der Waals surface area contributed by atoms with Gasteiger partial charge in [-0.15, -0.1) is 0 Å². The fourth-order valence-corrected chi connectivity index (χ4v) is 3.41. The van der Waals surface area contributed by atoms with Crippen LogP contribution in [0.1, 0.15) is 31.7 Å². The number of hydrogen-bond donors (Lipinski definition) is 0. The summed E-state index contributed by atoms with van der Waals surface area (Å²) in [4.78, 5) is 12.1. The van der Waals surface area contributed by atoms with Gasteiger partial charge in [-0.3, -0.25) is 4.79 Å². The molecule has 0 bridgehead atoms. The third-order valence-electron chi connectivity index (χ3n) is 4.75. The third kappa shape index (κ3) is 1.38. The minimum absolute atomic E-state index is 0.0319. The van der Waals surface area contributed by atoms with Crippen molar-refractivity contribution in [3.8, 4) is 5.75 Å². The highest BCUT2D eigenvalue weighted by Crippen LogP contribution is 2.62. The Balaban J connectivity index is 2.11. The van der Waals surface area contributed by atoms with Crippen LogP contribution in [0.2, 0.25) is 0 Å². The second-order valence-corrected chi connectivity index (χ2v) is 5.78. The van der Waals surface area contributed by atoms with Crippen LogP contribution in [-0.2, 0) is 4.79 Å². The number of carbonyl (C=O) groups excluding carboxylic acids is 1. The number of allylic oxidation sites excluding steroid dienone is 1. The molecule has 1 fully saturated rings. The largest absolute Gasteiger partial charge is 0.486 e. The first kappa shape index (κ1) is 11.5. The van der Waals surface area contributed by atoms with E-state index in [4.69, 9.17) is 4.74 Å². The van der Waals surface area contributed by atoms with Crippen molar-refractivity contribution < 1.29 is 9.53 Å². The number of benzene rings is 1. The number of fused-ring (bicyclic) bond motifs is 3. The zero-order valence-electron chi connectivity index (χ0n) is 10.9. The quantitative estimate of drug-likeness (QED) is 0.706. The molecule has 2 aliphatic rings. The van der Waals surface area contributed by atoms with Crippen LogP contribution in [-0.4, -0.2) is 12.4 Å². The van der Waals surface area contributed by atoms with Crippen molar-refractivity contribution in [2.45, 2.75) is 26.2 Å². The SMILES string of the molecule is C=C(C)[C@]1(C)C[C@@H]2C(=O)COc3ccccc3[C@H]21. The molecule has 0 N–H and O–H groups in total. The van der Waals surface area contributed by atoms with Crippen LogP contribution >= 0.6 is 0 Å². The molecule has 2 heteroatoms. The van der Waals surface area contributed by atoms with Crippen LogP contribution in [0.4, 0.5) is 0 Å². The number of rotatable bonds is 1. The van der Waals surface area contributed by atoms with E-state index in [1.54, 1.807) is 0 Å². The van der Waals surface area contributed by atoms with Crippen LogP contribution < -0.4 is 4.74 Å². The van der Waals surface area contributed by atoms with Crippen LogP contribution in [0.5, 0.6) is 5.75 Å². The monoisotopic (exact) mass is 242 g/mol. The van der Waals surface area contributed by atoms with E-state index < -0.39 is 0 Å². The van der Waals surface area contributed by atoms with Gasteiger partial charge < -0.3 is 4.74 Å². The average Bonchev–Trinajstić information content (AvgIpc) is 2.44. The molecule has 3 rings (SSSR count). The zero-order chi connectivity index (χ0) is 12.9. The van der Waals surface area contributed by atoms with Gasteiger partial charge in [0.05, 0.1) is 0 Å². The molecule has 0 aromatic heterocycles. The van der Waals surface area contributed by atoms with Crippen LogP contribution in [0.25, 0.3) is 0 Å². The lowest BCUT2D eigenvalue weighted by Crippen LogP contribution is -2.48. The summed E-state index contributed by atoms with van der Waals surface area (Å²) in [5.74, 6) is 1.44. The lowest BCUT2D eigenvalue weighted by Gasteiger charge is -2.53. The zero-order valence-corrected chi connectivity index (χ0v) is 10.9. The molecule has 1 aliphatic carbocycles. The first-order chi connectivity index (χ1) is 8.54. The van der Waals surface area contributed by atoms with Gasteiger partial charge in [0.1, 0.15) is 12.4 Å². The van der Waals surface area contributed by atoms with Gasteiger partial charge in [-0.1, -0.05) is 37.3 Å². The predicted octanol–water partition coefficient (Wildman–Crippen LogP) is 3.33. The van der Waals surface area contributed by atoms with Crippen molar-refractivity contribution in [1.29, 1.82) is 0 Å². The Kier molecular flexibility index (Phi) is 2.37. The molecule has 0 spiro atoms. The number of Topliss-reactive ketones (excluding diaryl/α,β-unsaturated/α-hetero) is 1. The Hall–Kier alpha value is -1.57. The predicted molar refractivity (Wildman–Crippen MR) is 70.7 cm³/mol. The van der Waals surface area contributed by atoms with E-state index in [9.17, 15) is 4.79 Å². The summed E-state index contributed by atoms with van der Waals surface area (Å²) in [6.45, 7) is 8.61. The smallest absolute Gasteiger partial charge is 0.173 e. The topological polar surface area (TPSA) is 26.3 Å². The first-order valence-electron chi connectivity index (χ1n) is 6.44. The van der Waals surface area contributed by atoms with Crippen molar-refractivity contribution in [2.24, 2.45) is 11.3 Å². The molecule has 1 aromatic carbocycles. The molecule has 18 heavy (non-hydrogen) atoms. The fraction of sp³-hybridized carbons (Fsp3) is 0.438. The summed E-state index contributed by atoms with van der Waals surface area (Å²) in [6.07, 6.45) is 0.906. The van der Waals surface area contributed by atoms with Gasteiger partial charge >= 0.3 is 0 Å². The summed E-state index contributed by atoms with van der Waals surface area (Å²) in [6, 6.07) is 8.03. The van der Waals surface area contributed by atoms with Gasteiger partial charge in [0.15, 0.2) is 5.78 Å².